The number of rotatable bonds is 4. The van der Waals surface area contributed by atoms with Crippen molar-refractivity contribution in [3.8, 4) is 5.69 Å². The number of tetrazole rings is 1. The summed E-state index contributed by atoms with van der Waals surface area (Å²) in [5.74, 6) is 1.48. The second-order valence-electron chi connectivity index (χ2n) is 4.87. The second-order valence-corrected chi connectivity index (χ2v) is 4.87. The number of benzene rings is 1. The molecule has 1 saturated carbocycles. The highest BCUT2D eigenvalue weighted by atomic mass is 15.6. The standard InChI is InChI=1S/C13H17N5/c1-10(11-6-5-7-11)14-13-15-16-17-18(13)12-8-3-2-4-9-12/h2-4,8-11H,5-7H2,1H3,(H,14,15,17). The maximum atomic E-state index is 4.06. The van der Waals surface area contributed by atoms with Gasteiger partial charge in [-0.15, -0.1) is 0 Å². The van der Waals surface area contributed by atoms with Crippen LogP contribution in [0.4, 0.5) is 5.95 Å². The van der Waals surface area contributed by atoms with Crippen LogP contribution in [-0.4, -0.2) is 26.2 Å². The first-order chi connectivity index (χ1) is 8.84. The minimum Gasteiger partial charge on any atom is -0.350 e. The molecular weight excluding hydrogens is 226 g/mol. The second kappa shape index (κ2) is 4.76. The molecule has 1 N–H and O–H groups in total. The monoisotopic (exact) mass is 243 g/mol. The van der Waals surface area contributed by atoms with Gasteiger partial charge in [0.05, 0.1) is 5.69 Å². The van der Waals surface area contributed by atoms with Gasteiger partial charge in [0.25, 0.3) is 0 Å². The van der Waals surface area contributed by atoms with Crippen LogP contribution < -0.4 is 5.32 Å². The molecule has 18 heavy (non-hydrogen) atoms. The molecular formula is C13H17N5. The molecule has 3 rings (SSSR count). The zero-order chi connectivity index (χ0) is 12.4. The van der Waals surface area contributed by atoms with Crippen LogP contribution in [0.15, 0.2) is 30.3 Å². The van der Waals surface area contributed by atoms with Crippen molar-refractivity contribution >= 4 is 5.95 Å². The van der Waals surface area contributed by atoms with Crippen LogP contribution in [0, 0.1) is 5.92 Å². The third kappa shape index (κ3) is 2.08. The Morgan fingerprint density at radius 1 is 1.28 bits per heavy atom. The van der Waals surface area contributed by atoms with Crippen molar-refractivity contribution in [2.24, 2.45) is 5.92 Å². The Hall–Kier alpha value is -1.91. The van der Waals surface area contributed by atoms with Crippen LogP contribution in [0.25, 0.3) is 5.69 Å². The molecule has 5 nitrogen and oxygen atoms in total. The van der Waals surface area contributed by atoms with Crippen molar-refractivity contribution in [1.29, 1.82) is 0 Å². The maximum absolute atomic E-state index is 4.06. The molecule has 0 radical (unpaired) electrons. The third-order valence-corrected chi connectivity index (χ3v) is 3.68. The number of nitrogens with one attached hydrogen (secondary N) is 1. The van der Waals surface area contributed by atoms with Gasteiger partial charge in [-0.25, -0.2) is 0 Å². The Balaban J connectivity index is 1.79. The number of hydrogen-bond donors (Lipinski definition) is 1. The summed E-state index contributed by atoms with van der Waals surface area (Å²) in [5.41, 5.74) is 0.978. The molecule has 1 atom stereocenters. The van der Waals surface area contributed by atoms with Crippen LogP contribution in [0.1, 0.15) is 26.2 Å². The summed E-state index contributed by atoms with van der Waals surface area (Å²) < 4.78 is 1.75. The fourth-order valence-corrected chi connectivity index (χ4v) is 2.28. The van der Waals surface area contributed by atoms with Gasteiger partial charge < -0.3 is 5.32 Å². The lowest BCUT2D eigenvalue weighted by Gasteiger charge is -2.31. The van der Waals surface area contributed by atoms with E-state index in [0.717, 1.165) is 17.6 Å². The topological polar surface area (TPSA) is 55.6 Å². The third-order valence-electron chi connectivity index (χ3n) is 3.68. The van der Waals surface area contributed by atoms with Gasteiger partial charge in [0.1, 0.15) is 0 Å². The van der Waals surface area contributed by atoms with Gasteiger partial charge in [-0.1, -0.05) is 29.7 Å². The van der Waals surface area contributed by atoms with E-state index in [-0.39, 0.29) is 0 Å². The largest absolute Gasteiger partial charge is 0.350 e. The van der Waals surface area contributed by atoms with Crippen LogP contribution in [-0.2, 0) is 0 Å². The van der Waals surface area contributed by atoms with Crippen molar-refractivity contribution in [2.45, 2.75) is 32.2 Å². The first-order valence-electron chi connectivity index (χ1n) is 6.45. The summed E-state index contributed by atoms with van der Waals surface area (Å²) in [6.45, 7) is 2.20. The Morgan fingerprint density at radius 3 is 2.72 bits per heavy atom. The van der Waals surface area contributed by atoms with Gasteiger partial charge in [0.15, 0.2) is 0 Å². The normalized spacial score (nSPS) is 17.2. The van der Waals surface area contributed by atoms with Gasteiger partial charge in [0.2, 0.25) is 5.95 Å². The lowest BCUT2D eigenvalue weighted by molar-refractivity contribution is 0.284. The Labute approximate surface area is 106 Å². The number of hydrogen-bond acceptors (Lipinski definition) is 4. The summed E-state index contributed by atoms with van der Waals surface area (Å²) in [7, 11) is 0. The molecule has 5 heteroatoms. The first kappa shape index (κ1) is 11.2. The number of nitrogens with zero attached hydrogens (tertiary/aromatic N) is 4. The molecule has 0 aliphatic heterocycles. The lowest BCUT2D eigenvalue weighted by Crippen LogP contribution is -2.31. The zero-order valence-corrected chi connectivity index (χ0v) is 10.5. The average molecular weight is 243 g/mol. The summed E-state index contributed by atoms with van der Waals surface area (Å²) in [6, 6.07) is 10.4. The highest BCUT2D eigenvalue weighted by Crippen LogP contribution is 2.30. The molecule has 1 heterocycles. The predicted molar refractivity (Wildman–Crippen MR) is 69.6 cm³/mol. The van der Waals surface area contributed by atoms with Gasteiger partial charge >= 0.3 is 0 Å². The van der Waals surface area contributed by atoms with E-state index in [1.54, 1.807) is 4.68 Å². The van der Waals surface area contributed by atoms with E-state index in [0.29, 0.717) is 6.04 Å². The number of para-hydroxylation sites is 1. The maximum Gasteiger partial charge on any atom is 0.247 e. The molecule has 0 spiro atoms. The zero-order valence-electron chi connectivity index (χ0n) is 10.5. The summed E-state index contributed by atoms with van der Waals surface area (Å²) in [5, 5.41) is 15.3. The van der Waals surface area contributed by atoms with Gasteiger partial charge in [-0.3, -0.25) is 0 Å². The molecule has 94 valence electrons. The summed E-state index contributed by atoms with van der Waals surface area (Å²) >= 11 is 0. The highest BCUT2D eigenvalue weighted by molar-refractivity contribution is 5.38. The van der Waals surface area contributed by atoms with Gasteiger partial charge in [0, 0.05) is 6.04 Å². The molecule has 0 saturated heterocycles. The van der Waals surface area contributed by atoms with Crippen LogP contribution in [0.2, 0.25) is 0 Å². The van der Waals surface area contributed by atoms with Crippen LogP contribution >= 0.6 is 0 Å². The number of aromatic nitrogens is 4. The van der Waals surface area contributed by atoms with E-state index in [4.69, 9.17) is 0 Å². The number of anilines is 1. The molecule has 1 aromatic heterocycles. The van der Waals surface area contributed by atoms with Crippen molar-refractivity contribution in [3.63, 3.8) is 0 Å². The first-order valence-corrected chi connectivity index (χ1v) is 6.45. The van der Waals surface area contributed by atoms with Crippen molar-refractivity contribution < 1.29 is 0 Å². The van der Waals surface area contributed by atoms with Crippen molar-refractivity contribution in [3.05, 3.63) is 30.3 Å². The Bertz CT molecular complexity index is 503. The predicted octanol–water partition coefficient (Wildman–Crippen LogP) is 2.26. The molecule has 0 amide bonds. The molecule has 1 aliphatic carbocycles. The van der Waals surface area contributed by atoms with Crippen LogP contribution in [0.5, 0.6) is 0 Å². The molecule has 1 aromatic carbocycles. The lowest BCUT2D eigenvalue weighted by atomic mass is 9.80. The summed E-state index contributed by atoms with van der Waals surface area (Å²) in [6.07, 6.45) is 3.96. The molecule has 0 bridgehead atoms. The minimum absolute atomic E-state index is 0.423. The quantitative estimate of drug-likeness (QED) is 0.895. The average Bonchev–Trinajstić information content (AvgIpc) is 2.76. The SMILES string of the molecule is CC(Nc1nnnn1-c1ccccc1)C1CCC1. The smallest absolute Gasteiger partial charge is 0.247 e. The Kier molecular flexibility index (Phi) is 2.96. The molecule has 1 fully saturated rings. The van der Waals surface area contributed by atoms with E-state index in [1.165, 1.54) is 19.3 Å². The van der Waals surface area contributed by atoms with E-state index in [1.807, 2.05) is 30.3 Å². The fourth-order valence-electron chi connectivity index (χ4n) is 2.28. The van der Waals surface area contributed by atoms with E-state index >= 15 is 0 Å². The highest BCUT2D eigenvalue weighted by Gasteiger charge is 2.25. The van der Waals surface area contributed by atoms with Crippen molar-refractivity contribution in [2.75, 3.05) is 5.32 Å². The Morgan fingerprint density at radius 2 is 2.06 bits per heavy atom. The van der Waals surface area contributed by atoms with E-state index in [9.17, 15) is 0 Å². The summed E-state index contributed by atoms with van der Waals surface area (Å²) in [4.78, 5) is 0. The fraction of sp³-hybridized carbons (Fsp3) is 0.462. The molecule has 2 aromatic rings. The van der Waals surface area contributed by atoms with Gasteiger partial charge in [-0.2, -0.15) is 4.68 Å². The van der Waals surface area contributed by atoms with Crippen LogP contribution in [0.3, 0.4) is 0 Å². The van der Waals surface area contributed by atoms with Gasteiger partial charge in [-0.05, 0) is 48.2 Å². The van der Waals surface area contributed by atoms with E-state index < -0.39 is 0 Å². The molecule has 1 aliphatic rings. The van der Waals surface area contributed by atoms with E-state index in [2.05, 4.69) is 27.8 Å². The molecule has 1 unspecified atom stereocenters. The van der Waals surface area contributed by atoms with Crippen molar-refractivity contribution in [1.82, 2.24) is 20.2 Å². The minimum atomic E-state index is 0.423.